The zero-order valence-corrected chi connectivity index (χ0v) is 33.4. The summed E-state index contributed by atoms with van der Waals surface area (Å²) in [6.07, 6.45) is 16.7. The summed E-state index contributed by atoms with van der Waals surface area (Å²) in [5.74, 6) is 1.51. The van der Waals surface area contributed by atoms with Crippen LogP contribution >= 0.6 is 0 Å². The van der Waals surface area contributed by atoms with Gasteiger partial charge in [0.25, 0.3) is 0 Å². The van der Waals surface area contributed by atoms with E-state index in [1.807, 2.05) is 11.1 Å². The third-order valence-electron chi connectivity index (χ3n) is 14.0. The van der Waals surface area contributed by atoms with Crippen LogP contribution in [0.3, 0.4) is 0 Å². The molecule has 0 bridgehead atoms. The molecule has 3 fully saturated rings. The van der Waals surface area contributed by atoms with Crippen molar-refractivity contribution in [2.45, 2.75) is 69.3 Å². The number of fused-ring (bicyclic) bond motifs is 4. The minimum Gasteiger partial charge on any atom is -1.00 e. The first-order chi connectivity index (χ1) is 25.3. The fourth-order valence-electron chi connectivity index (χ4n) is 11.6. The molecule has 2 saturated carbocycles. The number of hydrogen-bond donors (Lipinski definition) is 0. The van der Waals surface area contributed by atoms with Crippen LogP contribution in [0.4, 0.5) is 0 Å². The molecule has 6 aromatic rings. The second kappa shape index (κ2) is 14.0. The van der Waals surface area contributed by atoms with Gasteiger partial charge in [0.1, 0.15) is 0 Å². The maximum absolute atomic E-state index is 2.78. The van der Waals surface area contributed by atoms with Crippen molar-refractivity contribution in [3.63, 3.8) is 0 Å². The summed E-state index contributed by atoms with van der Waals surface area (Å²) in [6, 6.07) is 46.7. The summed E-state index contributed by atoms with van der Waals surface area (Å²) in [7, 11) is 0. The van der Waals surface area contributed by atoms with Crippen LogP contribution in [0.15, 0.2) is 132 Å². The molecular formula is C50H46Cl2Ti. The van der Waals surface area contributed by atoms with Gasteiger partial charge in [-0.15, -0.1) is 0 Å². The molecule has 5 aliphatic rings. The van der Waals surface area contributed by atoms with Gasteiger partial charge in [0.2, 0.25) is 0 Å². The van der Waals surface area contributed by atoms with Crippen molar-refractivity contribution in [3.8, 4) is 22.3 Å². The van der Waals surface area contributed by atoms with Gasteiger partial charge in [0.05, 0.1) is 0 Å². The molecule has 264 valence electrons. The monoisotopic (exact) mass is 764 g/mol. The molecule has 1 heterocycles. The van der Waals surface area contributed by atoms with Crippen LogP contribution in [-0.2, 0) is 16.6 Å². The second-order valence-corrected chi connectivity index (χ2v) is 23.7. The molecule has 1 saturated heterocycles. The van der Waals surface area contributed by atoms with Crippen LogP contribution in [0, 0.1) is 11.8 Å². The van der Waals surface area contributed by atoms with E-state index in [2.05, 4.69) is 133 Å². The van der Waals surface area contributed by atoms with Crippen LogP contribution in [0.5, 0.6) is 0 Å². The quantitative estimate of drug-likeness (QED) is 0.150. The van der Waals surface area contributed by atoms with Crippen molar-refractivity contribution in [3.05, 3.63) is 155 Å². The number of benzene rings is 6. The van der Waals surface area contributed by atoms with Crippen LogP contribution in [0.1, 0.15) is 82.1 Å². The van der Waals surface area contributed by atoms with Crippen LogP contribution in [0.25, 0.3) is 56.0 Å². The zero-order valence-electron chi connectivity index (χ0n) is 30.3. The van der Waals surface area contributed by atoms with Gasteiger partial charge in [-0.2, -0.15) is 0 Å². The Morgan fingerprint density at radius 3 is 1.21 bits per heavy atom. The molecule has 0 amide bonds. The Labute approximate surface area is 331 Å². The fraction of sp³-hybridized carbons (Fsp3) is 0.280. The maximum atomic E-state index is 2.78. The molecule has 2 unspecified atom stereocenters. The molecule has 0 N–H and O–H groups in total. The van der Waals surface area contributed by atoms with Gasteiger partial charge in [-0.25, -0.2) is 0 Å². The number of rotatable bonds is 6. The summed E-state index contributed by atoms with van der Waals surface area (Å²) >= 11 is -2.57. The van der Waals surface area contributed by atoms with E-state index >= 15 is 0 Å². The predicted octanol–water partition coefficient (Wildman–Crippen LogP) is 8.30. The first-order valence-electron chi connectivity index (χ1n) is 19.9. The fourth-order valence-corrected chi connectivity index (χ4v) is 22.1. The molecule has 2 atom stereocenters. The van der Waals surface area contributed by atoms with Crippen molar-refractivity contribution in [1.82, 2.24) is 0 Å². The van der Waals surface area contributed by atoms with E-state index in [0.29, 0.717) is 8.45 Å². The summed E-state index contributed by atoms with van der Waals surface area (Å²) < 4.78 is 4.39. The van der Waals surface area contributed by atoms with E-state index in [0.717, 1.165) is 11.8 Å². The molecule has 0 nitrogen and oxygen atoms in total. The summed E-state index contributed by atoms with van der Waals surface area (Å²) in [5.41, 5.74) is 16.0. The van der Waals surface area contributed by atoms with Crippen molar-refractivity contribution in [2.24, 2.45) is 11.8 Å². The maximum Gasteiger partial charge on any atom is -1.00 e. The third kappa shape index (κ3) is 5.58. The first kappa shape index (κ1) is 35.3. The molecule has 0 radical (unpaired) electrons. The minimum atomic E-state index is -2.57. The molecule has 53 heavy (non-hydrogen) atoms. The van der Waals surface area contributed by atoms with Gasteiger partial charge in [-0.1, -0.05) is 0 Å². The Bertz CT molecular complexity index is 2240. The van der Waals surface area contributed by atoms with Gasteiger partial charge in [0, 0.05) is 0 Å². The van der Waals surface area contributed by atoms with E-state index in [1.165, 1.54) is 105 Å². The molecule has 1 aliphatic heterocycles. The molecule has 0 aromatic heterocycles. The van der Waals surface area contributed by atoms with Crippen molar-refractivity contribution in [2.75, 3.05) is 0 Å². The standard InChI is InChI=1S/2C24H21.C2H4.2ClH.Ti/c2*1-2-8-17(7-1)20-15-19-11-6-14-23(24(19)16-20)22-13-5-10-18-9-3-4-12-21(18)22;1-2;;;/h2*3-6,9-17H,1-2,7-8H2;1-2H2;2*1H;/q;;;;;+2/p-2. The number of halogens is 2. The smallest absolute Gasteiger partial charge is 1.00 e. The van der Waals surface area contributed by atoms with E-state index in [9.17, 15) is 0 Å². The molecule has 3 heteroatoms. The van der Waals surface area contributed by atoms with Gasteiger partial charge in [0.15, 0.2) is 0 Å². The average molecular weight is 766 g/mol. The van der Waals surface area contributed by atoms with Crippen molar-refractivity contribution in [1.29, 1.82) is 0 Å². The Morgan fingerprint density at radius 1 is 0.396 bits per heavy atom. The minimum absolute atomic E-state index is 0. The van der Waals surface area contributed by atoms with E-state index in [-0.39, 0.29) is 24.8 Å². The van der Waals surface area contributed by atoms with Crippen LogP contribution < -0.4 is 24.8 Å². The van der Waals surface area contributed by atoms with Gasteiger partial charge in [-0.3, -0.25) is 0 Å². The Hall–Kier alpha value is -3.39. The SMILES string of the molecule is C1=C(C2CCCC2)[CH]([Ti+2]2([CH]3C(C4CCCC4)=Cc4c(-c5cccc6ccccc56)cccc43)[CH2][CH2]2)c2cccc(-c3cccc4ccccc34)c21.[Cl-].[Cl-]. The molecule has 6 aromatic carbocycles. The average Bonchev–Trinajstić information content (AvgIpc) is 3.72. The largest absolute Gasteiger partial charge is 1.00 e. The Balaban J connectivity index is 0.00000186. The normalized spacial score (nSPS) is 20.9. The van der Waals surface area contributed by atoms with Gasteiger partial charge < -0.3 is 24.8 Å². The molecule has 0 spiro atoms. The van der Waals surface area contributed by atoms with Crippen molar-refractivity contribution >= 4 is 33.7 Å². The summed E-state index contributed by atoms with van der Waals surface area (Å²) in [6.45, 7) is 0. The third-order valence-corrected chi connectivity index (χ3v) is 22.2. The first-order valence-corrected chi connectivity index (χ1v) is 23.9. The number of hydrogen-bond acceptors (Lipinski definition) is 0. The Morgan fingerprint density at radius 2 is 0.774 bits per heavy atom. The van der Waals surface area contributed by atoms with Crippen molar-refractivity contribution < 1.29 is 41.4 Å². The van der Waals surface area contributed by atoms with E-state index in [1.54, 1.807) is 22.3 Å². The zero-order chi connectivity index (χ0) is 33.5. The second-order valence-electron chi connectivity index (χ2n) is 16.5. The van der Waals surface area contributed by atoms with Gasteiger partial charge in [-0.05, 0) is 0 Å². The topological polar surface area (TPSA) is 0 Å². The Kier molecular flexibility index (Phi) is 9.35. The van der Waals surface area contributed by atoms with Crippen LogP contribution in [-0.4, -0.2) is 0 Å². The summed E-state index contributed by atoms with van der Waals surface area (Å²) in [4.78, 5) is 0. The van der Waals surface area contributed by atoms with E-state index < -0.39 is 16.6 Å². The predicted molar refractivity (Wildman–Crippen MR) is 214 cm³/mol. The number of allylic oxidation sites excluding steroid dienone is 2. The molecule has 4 aliphatic carbocycles. The molecule has 11 rings (SSSR count). The van der Waals surface area contributed by atoms with E-state index in [4.69, 9.17) is 0 Å². The van der Waals surface area contributed by atoms with Gasteiger partial charge >= 0.3 is 308 Å². The van der Waals surface area contributed by atoms with Crippen LogP contribution in [0.2, 0.25) is 9.45 Å². The summed E-state index contributed by atoms with van der Waals surface area (Å²) in [5, 5.41) is 5.45. The molecular weight excluding hydrogens is 719 g/mol.